The first kappa shape index (κ1) is 17.4. The zero-order chi connectivity index (χ0) is 18.2. The van der Waals surface area contributed by atoms with Gasteiger partial charge in [0.1, 0.15) is 11.5 Å². The van der Waals surface area contributed by atoms with E-state index in [1.165, 1.54) is 31.4 Å². The third-order valence-corrected chi connectivity index (χ3v) is 4.07. The third kappa shape index (κ3) is 3.82. The maximum atomic E-state index is 12.5. The van der Waals surface area contributed by atoms with E-state index in [1.54, 1.807) is 17.0 Å². The number of carbonyl (C=O) groups is 1. The first-order valence-electron chi connectivity index (χ1n) is 7.27. The molecule has 3 rings (SSSR count). The van der Waals surface area contributed by atoms with Gasteiger partial charge in [-0.25, -0.2) is 0 Å². The van der Waals surface area contributed by atoms with Crippen LogP contribution in [-0.2, 0) is 13.1 Å². The van der Waals surface area contributed by atoms with Crippen molar-refractivity contribution in [3.8, 4) is 11.5 Å². The molecule has 0 spiro atoms. The number of nitrogens with zero attached hydrogens (tertiary/aromatic N) is 1. The van der Waals surface area contributed by atoms with Crippen LogP contribution in [0, 0.1) is 0 Å². The lowest BCUT2D eigenvalue weighted by molar-refractivity contribution is -0.274. The Bertz CT molecular complexity index is 806. The molecular weight excluding hydrogens is 359 g/mol. The number of alkyl halides is 3. The van der Waals surface area contributed by atoms with Crippen molar-refractivity contribution in [3.05, 3.63) is 58.1 Å². The van der Waals surface area contributed by atoms with E-state index in [-0.39, 0.29) is 18.2 Å². The molecule has 0 unspecified atom stereocenters. The highest BCUT2D eigenvalue weighted by Gasteiger charge is 2.32. The van der Waals surface area contributed by atoms with Gasteiger partial charge in [-0.05, 0) is 35.4 Å². The van der Waals surface area contributed by atoms with E-state index in [2.05, 4.69) is 4.74 Å². The van der Waals surface area contributed by atoms with Crippen molar-refractivity contribution in [1.29, 1.82) is 0 Å². The van der Waals surface area contributed by atoms with Crippen LogP contribution >= 0.6 is 11.6 Å². The first-order valence-corrected chi connectivity index (χ1v) is 7.65. The predicted octanol–water partition coefficient (Wildman–Crippen LogP) is 4.40. The molecule has 0 N–H and O–H groups in total. The second-order valence-electron chi connectivity index (χ2n) is 5.50. The predicted molar refractivity (Wildman–Crippen MR) is 84.7 cm³/mol. The van der Waals surface area contributed by atoms with E-state index in [9.17, 15) is 18.0 Å². The highest BCUT2D eigenvalue weighted by Crippen LogP contribution is 2.34. The fourth-order valence-electron chi connectivity index (χ4n) is 2.70. The molecule has 0 aliphatic carbocycles. The maximum absolute atomic E-state index is 12.5. The van der Waals surface area contributed by atoms with Gasteiger partial charge >= 0.3 is 6.36 Å². The summed E-state index contributed by atoms with van der Waals surface area (Å²) in [6, 6.07) is 8.72. The molecule has 0 bridgehead atoms. The van der Waals surface area contributed by atoms with E-state index in [0.29, 0.717) is 28.4 Å². The van der Waals surface area contributed by atoms with E-state index in [4.69, 9.17) is 16.3 Å². The van der Waals surface area contributed by atoms with Crippen LogP contribution in [0.1, 0.15) is 21.5 Å². The van der Waals surface area contributed by atoms with Crippen LogP contribution in [0.2, 0.25) is 5.02 Å². The normalized spacial score (nSPS) is 13.8. The Labute approximate surface area is 146 Å². The summed E-state index contributed by atoms with van der Waals surface area (Å²) in [6.45, 7) is 0.602. The molecule has 1 heterocycles. The van der Waals surface area contributed by atoms with Gasteiger partial charge in [0.15, 0.2) is 0 Å². The molecular formula is C17H13ClF3NO3. The molecule has 8 heteroatoms. The molecule has 132 valence electrons. The molecule has 0 saturated carbocycles. The standard InChI is InChI=1S/C17H13ClF3NO3/c1-24-13-6-11-9-22(16(23)15(11)14(18)7-13)8-10-2-4-12(5-3-10)25-17(19,20)21/h2-7H,8-9H2,1H3. The summed E-state index contributed by atoms with van der Waals surface area (Å²) >= 11 is 6.15. The van der Waals surface area contributed by atoms with Gasteiger partial charge in [-0.3, -0.25) is 4.79 Å². The van der Waals surface area contributed by atoms with Crippen LogP contribution in [0.25, 0.3) is 0 Å². The van der Waals surface area contributed by atoms with Gasteiger partial charge in [0.2, 0.25) is 0 Å². The molecule has 25 heavy (non-hydrogen) atoms. The zero-order valence-electron chi connectivity index (χ0n) is 13.1. The minimum absolute atomic E-state index is 0.224. The molecule has 0 saturated heterocycles. The van der Waals surface area contributed by atoms with Crippen molar-refractivity contribution in [2.45, 2.75) is 19.5 Å². The van der Waals surface area contributed by atoms with Crippen molar-refractivity contribution in [1.82, 2.24) is 4.90 Å². The quantitative estimate of drug-likeness (QED) is 0.799. The summed E-state index contributed by atoms with van der Waals surface area (Å²) in [7, 11) is 1.51. The van der Waals surface area contributed by atoms with Crippen LogP contribution in [-0.4, -0.2) is 24.3 Å². The van der Waals surface area contributed by atoms with E-state index in [1.807, 2.05) is 0 Å². The average Bonchev–Trinajstić information content (AvgIpc) is 2.84. The number of ether oxygens (including phenoxy) is 2. The first-order chi connectivity index (χ1) is 11.8. The van der Waals surface area contributed by atoms with Gasteiger partial charge < -0.3 is 14.4 Å². The topological polar surface area (TPSA) is 38.8 Å². The summed E-state index contributed by atoms with van der Waals surface area (Å²) in [5.74, 6) is 0.0328. The van der Waals surface area contributed by atoms with Crippen molar-refractivity contribution in [3.63, 3.8) is 0 Å². The van der Waals surface area contributed by atoms with E-state index in [0.717, 1.165) is 5.56 Å². The Morgan fingerprint density at radius 2 is 1.84 bits per heavy atom. The smallest absolute Gasteiger partial charge is 0.497 e. The number of hydrogen-bond donors (Lipinski definition) is 0. The van der Waals surface area contributed by atoms with E-state index < -0.39 is 6.36 Å². The number of methoxy groups -OCH3 is 1. The zero-order valence-corrected chi connectivity index (χ0v) is 13.8. The van der Waals surface area contributed by atoms with Crippen molar-refractivity contribution in [2.75, 3.05) is 7.11 Å². The molecule has 0 aromatic heterocycles. The number of benzene rings is 2. The van der Waals surface area contributed by atoms with Crippen LogP contribution in [0.3, 0.4) is 0 Å². The molecule has 0 fully saturated rings. The number of rotatable bonds is 4. The number of hydrogen-bond acceptors (Lipinski definition) is 3. The Morgan fingerprint density at radius 3 is 2.44 bits per heavy atom. The van der Waals surface area contributed by atoms with Crippen LogP contribution in [0.15, 0.2) is 36.4 Å². The molecule has 0 atom stereocenters. The second-order valence-corrected chi connectivity index (χ2v) is 5.90. The lowest BCUT2D eigenvalue weighted by atomic mass is 10.1. The fourth-order valence-corrected chi connectivity index (χ4v) is 3.01. The summed E-state index contributed by atoms with van der Waals surface area (Å²) in [6.07, 6.45) is -4.73. The highest BCUT2D eigenvalue weighted by atomic mass is 35.5. The molecule has 4 nitrogen and oxygen atoms in total. The summed E-state index contributed by atoms with van der Waals surface area (Å²) in [5.41, 5.74) is 1.87. The average molecular weight is 372 g/mol. The number of halogens is 4. The summed E-state index contributed by atoms with van der Waals surface area (Å²) in [5, 5.41) is 0.316. The van der Waals surface area contributed by atoms with Crippen LogP contribution in [0.4, 0.5) is 13.2 Å². The van der Waals surface area contributed by atoms with Gasteiger partial charge in [-0.2, -0.15) is 0 Å². The monoisotopic (exact) mass is 371 g/mol. The molecule has 1 aliphatic heterocycles. The van der Waals surface area contributed by atoms with Crippen molar-refractivity contribution in [2.24, 2.45) is 0 Å². The highest BCUT2D eigenvalue weighted by molar-refractivity contribution is 6.34. The molecule has 2 aromatic carbocycles. The molecule has 0 radical (unpaired) electrons. The number of fused-ring (bicyclic) bond motifs is 1. The van der Waals surface area contributed by atoms with Gasteiger partial charge in [-0.1, -0.05) is 23.7 Å². The van der Waals surface area contributed by atoms with Crippen LogP contribution in [0.5, 0.6) is 11.5 Å². The lowest BCUT2D eigenvalue weighted by Crippen LogP contribution is -2.23. The van der Waals surface area contributed by atoms with Crippen LogP contribution < -0.4 is 9.47 Å². The maximum Gasteiger partial charge on any atom is 0.573 e. The number of carbonyl (C=O) groups excluding carboxylic acids is 1. The summed E-state index contributed by atoms with van der Waals surface area (Å²) in [4.78, 5) is 14.1. The Hall–Kier alpha value is -2.41. The van der Waals surface area contributed by atoms with Gasteiger partial charge in [0.25, 0.3) is 5.91 Å². The minimum Gasteiger partial charge on any atom is -0.497 e. The Balaban J connectivity index is 1.74. The lowest BCUT2D eigenvalue weighted by Gasteiger charge is -2.16. The SMILES string of the molecule is COc1cc(Cl)c2c(c1)CN(Cc1ccc(OC(F)(F)F)cc1)C2=O. The van der Waals surface area contributed by atoms with Crippen molar-refractivity contribution >= 4 is 17.5 Å². The third-order valence-electron chi connectivity index (χ3n) is 3.77. The van der Waals surface area contributed by atoms with Gasteiger partial charge in [0, 0.05) is 13.1 Å². The Morgan fingerprint density at radius 1 is 1.16 bits per heavy atom. The second kappa shape index (κ2) is 6.48. The number of amides is 1. The summed E-state index contributed by atoms with van der Waals surface area (Å²) < 4.78 is 45.5. The minimum atomic E-state index is -4.73. The van der Waals surface area contributed by atoms with Crippen molar-refractivity contribution < 1.29 is 27.4 Å². The largest absolute Gasteiger partial charge is 0.573 e. The molecule has 1 aliphatic rings. The van der Waals surface area contributed by atoms with Gasteiger partial charge in [0.05, 0.1) is 17.7 Å². The van der Waals surface area contributed by atoms with E-state index >= 15 is 0 Å². The molecule has 2 aromatic rings. The Kier molecular flexibility index (Phi) is 4.51. The fraction of sp³-hybridized carbons (Fsp3) is 0.235. The van der Waals surface area contributed by atoms with Gasteiger partial charge in [-0.15, -0.1) is 13.2 Å². The molecule has 1 amide bonds.